The number of halogens is 1. The standard InChI is InChI=1S/C16H19BrN2O2S/c1-2-22(20,21)19-11-9-18(10-12-19)15-8-7-13-5-3-4-6-14(13)16(15)17/h3-8H,2,9-12H2,1H3. The molecule has 6 heteroatoms. The summed E-state index contributed by atoms with van der Waals surface area (Å²) in [5, 5.41) is 2.38. The van der Waals surface area contributed by atoms with Crippen molar-refractivity contribution < 1.29 is 8.42 Å². The maximum absolute atomic E-state index is 11.9. The molecule has 1 heterocycles. The van der Waals surface area contributed by atoms with Gasteiger partial charge in [0.25, 0.3) is 0 Å². The number of sulfonamides is 1. The highest BCUT2D eigenvalue weighted by Gasteiger charge is 2.26. The maximum atomic E-state index is 11.9. The summed E-state index contributed by atoms with van der Waals surface area (Å²) in [5.41, 5.74) is 1.13. The molecule has 4 nitrogen and oxygen atoms in total. The molecule has 0 spiro atoms. The van der Waals surface area contributed by atoms with Crippen LogP contribution in [0.2, 0.25) is 0 Å². The Kier molecular flexibility index (Phi) is 4.43. The van der Waals surface area contributed by atoms with Gasteiger partial charge in [0.1, 0.15) is 0 Å². The van der Waals surface area contributed by atoms with E-state index in [4.69, 9.17) is 0 Å². The Morgan fingerprint density at radius 1 is 1.05 bits per heavy atom. The Morgan fingerprint density at radius 2 is 1.73 bits per heavy atom. The Balaban J connectivity index is 1.84. The first-order valence-corrected chi connectivity index (χ1v) is 9.83. The molecule has 0 N–H and O–H groups in total. The third-order valence-corrected chi connectivity index (χ3v) is 6.90. The zero-order chi connectivity index (χ0) is 15.7. The molecule has 1 aliphatic rings. The van der Waals surface area contributed by atoms with Crippen molar-refractivity contribution >= 4 is 42.4 Å². The van der Waals surface area contributed by atoms with Crippen molar-refractivity contribution in [3.05, 3.63) is 40.9 Å². The van der Waals surface area contributed by atoms with Crippen LogP contribution in [0.4, 0.5) is 5.69 Å². The average Bonchev–Trinajstić information content (AvgIpc) is 2.56. The van der Waals surface area contributed by atoms with Gasteiger partial charge in [0.2, 0.25) is 10.0 Å². The van der Waals surface area contributed by atoms with Crippen molar-refractivity contribution in [2.45, 2.75) is 6.92 Å². The van der Waals surface area contributed by atoms with Crippen LogP contribution in [0, 0.1) is 0 Å². The van der Waals surface area contributed by atoms with Crippen LogP contribution in [-0.4, -0.2) is 44.7 Å². The fourth-order valence-electron chi connectivity index (χ4n) is 2.86. The number of benzene rings is 2. The van der Waals surface area contributed by atoms with E-state index in [0.717, 1.165) is 23.2 Å². The van der Waals surface area contributed by atoms with E-state index in [1.165, 1.54) is 10.8 Å². The summed E-state index contributed by atoms with van der Waals surface area (Å²) in [6, 6.07) is 12.5. The minimum Gasteiger partial charge on any atom is -0.368 e. The first-order chi connectivity index (χ1) is 10.5. The highest BCUT2D eigenvalue weighted by atomic mass is 79.9. The number of hydrogen-bond acceptors (Lipinski definition) is 3. The number of fused-ring (bicyclic) bond motifs is 1. The van der Waals surface area contributed by atoms with E-state index in [-0.39, 0.29) is 5.75 Å². The molecule has 1 saturated heterocycles. The van der Waals surface area contributed by atoms with E-state index in [2.05, 4.69) is 45.1 Å². The molecule has 22 heavy (non-hydrogen) atoms. The fourth-order valence-corrected chi connectivity index (χ4v) is 4.68. The minimum atomic E-state index is -3.08. The quantitative estimate of drug-likeness (QED) is 0.818. The molecule has 2 aromatic carbocycles. The highest BCUT2D eigenvalue weighted by molar-refractivity contribution is 9.10. The predicted molar refractivity (Wildman–Crippen MR) is 94.9 cm³/mol. The molecule has 1 aliphatic heterocycles. The summed E-state index contributed by atoms with van der Waals surface area (Å²) < 4.78 is 26.6. The van der Waals surface area contributed by atoms with E-state index in [1.807, 2.05) is 12.1 Å². The smallest absolute Gasteiger partial charge is 0.213 e. The van der Waals surface area contributed by atoms with Gasteiger partial charge in [0.05, 0.1) is 11.4 Å². The molecule has 0 aliphatic carbocycles. The van der Waals surface area contributed by atoms with E-state index < -0.39 is 10.0 Å². The van der Waals surface area contributed by atoms with Crippen molar-refractivity contribution in [1.82, 2.24) is 4.31 Å². The molecule has 0 amide bonds. The van der Waals surface area contributed by atoms with Crippen molar-refractivity contribution in [3.63, 3.8) is 0 Å². The third-order valence-electron chi connectivity index (χ3n) is 4.18. The summed E-state index contributed by atoms with van der Waals surface area (Å²) in [5.74, 6) is 0.173. The zero-order valence-electron chi connectivity index (χ0n) is 12.5. The minimum absolute atomic E-state index is 0.173. The van der Waals surface area contributed by atoms with Crippen molar-refractivity contribution in [2.24, 2.45) is 0 Å². The molecule has 0 atom stereocenters. The molecule has 0 aromatic heterocycles. The second kappa shape index (κ2) is 6.18. The summed E-state index contributed by atoms with van der Waals surface area (Å²) in [6.45, 7) is 4.23. The van der Waals surface area contributed by atoms with Gasteiger partial charge in [0.15, 0.2) is 0 Å². The van der Waals surface area contributed by atoms with Crippen LogP contribution in [0.3, 0.4) is 0 Å². The van der Waals surface area contributed by atoms with Crippen LogP contribution in [0.1, 0.15) is 6.92 Å². The number of rotatable bonds is 3. The fraction of sp³-hybridized carbons (Fsp3) is 0.375. The second-order valence-corrected chi connectivity index (χ2v) is 8.46. The number of piperazine rings is 1. The van der Waals surface area contributed by atoms with E-state index in [0.29, 0.717) is 13.1 Å². The van der Waals surface area contributed by atoms with Gasteiger partial charge in [-0.15, -0.1) is 0 Å². The van der Waals surface area contributed by atoms with Crippen LogP contribution < -0.4 is 4.90 Å². The molecule has 0 unspecified atom stereocenters. The molecule has 3 rings (SSSR count). The van der Waals surface area contributed by atoms with Gasteiger partial charge in [-0.2, -0.15) is 4.31 Å². The van der Waals surface area contributed by atoms with Gasteiger partial charge in [0, 0.05) is 30.7 Å². The van der Waals surface area contributed by atoms with Gasteiger partial charge >= 0.3 is 0 Å². The Bertz CT molecular complexity index is 784. The predicted octanol–water partition coefficient (Wildman–Crippen LogP) is 3.07. The van der Waals surface area contributed by atoms with E-state index in [1.54, 1.807) is 11.2 Å². The largest absolute Gasteiger partial charge is 0.368 e. The molecule has 0 bridgehead atoms. The first kappa shape index (κ1) is 15.8. The lowest BCUT2D eigenvalue weighted by atomic mass is 10.1. The zero-order valence-corrected chi connectivity index (χ0v) is 14.9. The normalized spacial score (nSPS) is 17.1. The lowest BCUT2D eigenvalue weighted by Gasteiger charge is -2.35. The maximum Gasteiger partial charge on any atom is 0.213 e. The van der Waals surface area contributed by atoms with Gasteiger partial charge in [-0.3, -0.25) is 0 Å². The lowest BCUT2D eigenvalue weighted by Crippen LogP contribution is -2.49. The molecular formula is C16H19BrN2O2S. The SMILES string of the molecule is CCS(=O)(=O)N1CCN(c2ccc3ccccc3c2Br)CC1. The van der Waals surface area contributed by atoms with E-state index >= 15 is 0 Å². The Morgan fingerprint density at radius 3 is 2.41 bits per heavy atom. The first-order valence-electron chi connectivity index (χ1n) is 7.43. The van der Waals surface area contributed by atoms with Gasteiger partial charge < -0.3 is 4.90 Å². The monoisotopic (exact) mass is 382 g/mol. The molecule has 2 aromatic rings. The molecule has 0 saturated carbocycles. The Labute approximate surface area is 139 Å². The number of anilines is 1. The summed E-state index contributed by atoms with van der Waals surface area (Å²) in [7, 11) is -3.08. The summed E-state index contributed by atoms with van der Waals surface area (Å²) in [4.78, 5) is 2.25. The second-order valence-electron chi connectivity index (χ2n) is 5.41. The summed E-state index contributed by atoms with van der Waals surface area (Å²) in [6.07, 6.45) is 0. The third kappa shape index (κ3) is 2.87. The molecule has 1 fully saturated rings. The lowest BCUT2D eigenvalue weighted by molar-refractivity contribution is 0.385. The van der Waals surface area contributed by atoms with Crippen molar-refractivity contribution in [3.8, 4) is 0 Å². The van der Waals surface area contributed by atoms with Crippen molar-refractivity contribution in [1.29, 1.82) is 0 Å². The van der Waals surface area contributed by atoms with Gasteiger partial charge in [-0.25, -0.2) is 8.42 Å². The molecular weight excluding hydrogens is 364 g/mol. The van der Waals surface area contributed by atoms with Crippen LogP contribution in [0.25, 0.3) is 10.8 Å². The molecule has 0 radical (unpaired) electrons. The summed E-state index contributed by atoms with van der Waals surface area (Å²) >= 11 is 3.71. The topological polar surface area (TPSA) is 40.6 Å². The average molecular weight is 383 g/mol. The van der Waals surface area contributed by atoms with E-state index in [9.17, 15) is 8.42 Å². The molecule has 118 valence electrons. The van der Waals surface area contributed by atoms with Crippen LogP contribution in [-0.2, 0) is 10.0 Å². The van der Waals surface area contributed by atoms with Gasteiger partial charge in [-0.1, -0.05) is 30.3 Å². The van der Waals surface area contributed by atoms with Crippen LogP contribution >= 0.6 is 15.9 Å². The Hall–Kier alpha value is -1.11. The number of hydrogen-bond donors (Lipinski definition) is 0. The van der Waals surface area contributed by atoms with Crippen LogP contribution in [0.15, 0.2) is 40.9 Å². The van der Waals surface area contributed by atoms with Gasteiger partial charge in [-0.05, 0) is 39.7 Å². The van der Waals surface area contributed by atoms with Crippen LogP contribution in [0.5, 0.6) is 0 Å². The number of nitrogens with zero attached hydrogens (tertiary/aromatic N) is 2. The highest BCUT2D eigenvalue weighted by Crippen LogP contribution is 2.34. The van der Waals surface area contributed by atoms with Crippen molar-refractivity contribution in [2.75, 3.05) is 36.8 Å².